The lowest BCUT2D eigenvalue weighted by atomic mass is 9.91. The number of nitrogens with one attached hydrogen (secondary N) is 3. The molecule has 0 unspecified atom stereocenters. The minimum atomic E-state index is -3.34. The molecule has 2 fully saturated rings. The molecule has 41 heavy (non-hydrogen) atoms. The number of aromatic nitrogens is 2. The third kappa shape index (κ3) is 7.79. The Hall–Kier alpha value is -2.67. The summed E-state index contributed by atoms with van der Waals surface area (Å²) >= 11 is 6.45. The van der Waals surface area contributed by atoms with E-state index >= 15 is 0 Å². The van der Waals surface area contributed by atoms with E-state index in [2.05, 4.69) is 42.4 Å². The number of nitrogens with zero attached hydrogens (tertiary/aromatic N) is 4. The number of hydrogen-bond donors (Lipinski definition) is 3. The topological polar surface area (TPSA) is 129 Å². The monoisotopic (exact) mass is 605 g/mol. The van der Waals surface area contributed by atoms with E-state index in [4.69, 9.17) is 16.3 Å². The van der Waals surface area contributed by atoms with Gasteiger partial charge in [-0.25, -0.2) is 18.1 Å². The van der Waals surface area contributed by atoms with Gasteiger partial charge in [0.15, 0.2) is 5.82 Å². The highest BCUT2D eigenvalue weighted by molar-refractivity contribution is 7.88. The van der Waals surface area contributed by atoms with Crippen LogP contribution >= 0.6 is 11.6 Å². The van der Waals surface area contributed by atoms with Crippen LogP contribution in [-0.4, -0.2) is 92.3 Å². The molecule has 0 bridgehead atoms. The van der Waals surface area contributed by atoms with Gasteiger partial charge in [-0.3, -0.25) is 9.69 Å². The molecule has 1 aromatic heterocycles. The standard InChI is InChI=1S/C28H40ClN7O4S/c1-40-25-16-20-10-14-35(18-26(37)36-11-5-6-12-36)13-9-19(20)15-24(25)32-28-30-17-21(29)27(33-28)31-22-7-3-4-8-23(22)34-41(2,38)39/h15-17,22-23,34H,3-14,18H2,1-2H3,(H2,30,31,32,33)/t22-,23-/m1/s1. The first kappa shape index (κ1) is 29.8. The van der Waals surface area contributed by atoms with Crippen molar-refractivity contribution in [1.82, 2.24) is 24.5 Å². The van der Waals surface area contributed by atoms with E-state index in [0.717, 1.165) is 83.2 Å². The lowest BCUT2D eigenvalue weighted by Crippen LogP contribution is -2.48. The molecule has 224 valence electrons. The highest BCUT2D eigenvalue weighted by Crippen LogP contribution is 2.33. The van der Waals surface area contributed by atoms with Gasteiger partial charge in [0.2, 0.25) is 21.9 Å². The number of carbonyl (C=O) groups excluding carboxylic acids is 1. The smallest absolute Gasteiger partial charge is 0.236 e. The van der Waals surface area contributed by atoms with Crippen molar-refractivity contribution in [1.29, 1.82) is 0 Å². The second-order valence-electron chi connectivity index (χ2n) is 11.2. The molecule has 1 saturated heterocycles. The zero-order valence-corrected chi connectivity index (χ0v) is 25.4. The Bertz CT molecular complexity index is 1350. The van der Waals surface area contributed by atoms with Crippen LogP contribution in [0, 0.1) is 0 Å². The van der Waals surface area contributed by atoms with E-state index in [9.17, 15) is 13.2 Å². The summed E-state index contributed by atoms with van der Waals surface area (Å²) in [5.41, 5.74) is 3.16. The van der Waals surface area contributed by atoms with E-state index < -0.39 is 10.0 Å². The summed E-state index contributed by atoms with van der Waals surface area (Å²) in [5, 5.41) is 7.01. The van der Waals surface area contributed by atoms with E-state index in [-0.39, 0.29) is 18.0 Å². The number of halogens is 1. The SMILES string of the molecule is COc1cc2c(cc1Nc1ncc(Cl)c(N[C@@H]3CCCC[C@H]3NS(C)(=O)=O)n1)CCN(CC(=O)N1CCCC1)CC2. The van der Waals surface area contributed by atoms with Gasteiger partial charge < -0.3 is 20.3 Å². The number of rotatable bonds is 9. The summed E-state index contributed by atoms with van der Waals surface area (Å²) < 4.78 is 32.3. The molecular formula is C28H40ClN7O4S. The number of anilines is 3. The van der Waals surface area contributed by atoms with E-state index in [1.807, 2.05) is 4.90 Å². The fraction of sp³-hybridized carbons (Fsp3) is 0.607. The molecule has 2 aliphatic heterocycles. The Balaban J connectivity index is 1.29. The molecule has 13 heteroatoms. The molecule has 3 aliphatic rings. The van der Waals surface area contributed by atoms with Crippen LogP contribution in [0.5, 0.6) is 5.75 Å². The molecule has 11 nitrogen and oxygen atoms in total. The van der Waals surface area contributed by atoms with Crippen LogP contribution in [0.25, 0.3) is 0 Å². The van der Waals surface area contributed by atoms with Gasteiger partial charge >= 0.3 is 0 Å². The molecule has 2 atom stereocenters. The van der Waals surface area contributed by atoms with E-state index in [1.165, 1.54) is 23.6 Å². The van der Waals surface area contributed by atoms with Crippen molar-refractivity contribution < 1.29 is 17.9 Å². The van der Waals surface area contributed by atoms with Crippen LogP contribution in [0.15, 0.2) is 18.3 Å². The molecule has 3 heterocycles. The van der Waals surface area contributed by atoms with Crippen molar-refractivity contribution in [2.45, 2.75) is 63.5 Å². The van der Waals surface area contributed by atoms with Gasteiger partial charge in [0.1, 0.15) is 10.8 Å². The summed E-state index contributed by atoms with van der Waals surface area (Å²) in [6, 6.07) is 3.76. The van der Waals surface area contributed by atoms with Crippen molar-refractivity contribution in [3.05, 3.63) is 34.5 Å². The predicted molar refractivity (Wildman–Crippen MR) is 161 cm³/mol. The highest BCUT2D eigenvalue weighted by Gasteiger charge is 2.29. The number of methoxy groups -OCH3 is 1. The number of sulfonamides is 1. The second-order valence-corrected chi connectivity index (χ2v) is 13.4. The zero-order chi connectivity index (χ0) is 29.0. The van der Waals surface area contributed by atoms with Crippen LogP contribution in [0.2, 0.25) is 5.02 Å². The third-order valence-corrected chi connectivity index (χ3v) is 9.19. The summed E-state index contributed by atoms with van der Waals surface area (Å²) in [7, 11) is -1.71. The predicted octanol–water partition coefficient (Wildman–Crippen LogP) is 3.18. The van der Waals surface area contributed by atoms with Gasteiger partial charge in [0, 0.05) is 38.3 Å². The van der Waals surface area contributed by atoms with Gasteiger partial charge in [0.05, 0.1) is 31.8 Å². The van der Waals surface area contributed by atoms with Crippen LogP contribution in [0.1, 0.15) is 49.7 Å². The summed E-state index contributed by atoms with van der Waals surface area (Å²) in [6.45, 7) is 3.86. The van der Waals surface area contributed by atoms with Gasteiger partial charge in [-0.2, -0.15) is 4.98 Å². The van der Waals surface area contributed by atoms with Gasteiger partial charge in [-0.1, -0.05) is 24.4 Å². The molecular weight excluding hydrogens is 566 g/mol. The number of likely N-dealkylation sites (tertiary alicyclic amines) is 1. The first-order valence-corrected chi connectivity index (χ1v) is 16.7. The number of ether oxygens (including phenoxy) is 1. The number of benzene rings is 1. The normalized spacial score (nSPS) is 21.7. The van der Waals surface area contributed by atoms with Crippen LogP contribution in [-0.2, 0) is 27.7 Å². The summed E-state index contributed by atoms with van der Waals surface area (Å²) in [5.74, 6) is 1.71. The first-order valence-electron chi connectivity index (χ1n) is 14.4. The maximum absolute atomic E-state index is 12.7. The highest BCUT2D eigenvalue weighted by atomic mass is 35.5. The lowest BCUT2D eigenvalue weighted by molar-refractivity contribution is -0.131. The lowest BCUT2D eigenvalue weighted by Gasteiger charge is -2.32. The largest absolute Gasteiger partial charge is 0.495 e. The minimum Gasteiger partial charge on any atom is -0.495 e. The van der Waals surface area contributed by atoms with Crippen molar-refractivity contribution >= 4 is 45.0 Å². The Morgan fingerprint density at radius 3 is 2.41 bits per heavy atom. The molecule has 3 N–H and O–H groups in total. The van der Waals surface area contributed by atoms with Crippen molar-refractivity contribution in [2.24, 2.45) is 0 Å². The summed E-state index contributed by atoms with van der Waals surface area (Å²) in [6.07, 6.45) is 10.1. The van der Waals surface area contributed by atoms with Crippen molar-refractivity contribution in [3.8, 4) is 5.75 Å². The molecule has 1 aliphatic carbocycles. The quantitative estimate of drug-likeness (QED) is 0.395. The first-order chi connectivity index (χ1) is 19.7. The van der Waals surface area contributed by atoms with Crippen molar-refractivity contribution in [3.63, 3.8) is 0 Å². The molecule has 1 amide bonds. The maximum atomic E-state index is 12.7. The molecule has 1 saturated carbocycles. The van der Waals surface area contributed by atoms with Crippen LogP contribution in [0.3, 0.4) is 0 Å². The molecule has 5 rings (SSSR count). The average Bonchev–Trinajstić information content (AvgIpc) is 3.41. The fourth-order valence-electron chi connectivity index (χ4n) is 6.03. The molecule has 1 aromatic carbocycles. The second kappa shape index (κ2) is 13.1. The summed E-state index contributed by atoms with van der Waals surface area (Å²) in [4.78, 5) is 26.0. The number of carbonyl (C=O) groups is 1. The van der Waals surface area contributed by atoms with E-state index in [0.29, 0.717) is 29.1 Å². The molecule has 2 aromatic rings. The zero-order valence-electron chi connectivity index (χ0n) is 23.8. The number of fused-ring (bicyclic) bond motifs is 1. The van der Waals surface area contributed by atoms with E-state index in [1.54, 1.807) is 7.11 Å². The average molecular weight is 606 g/mol. The number of amides is 1. The Kier molecular flexibility index (Phi) is 9.52. The Morgan fingerprint density at radius 1 is 1.05 bits per heavy atom. The van der Waals surface area contributed by atoms with Gasteiger partial charge in [0.25, 0.3) is 0 Å². The number of hydrogen-bond acceptors (Lipinski definition) is 9. The van der Waals surface area contributed by atoms with Crippen LogP contribution < -0.4 is 20.1 Å². The maximum Gasteiger partial charge on any atom is 0.236 e. The fourth-order valence-corrected chi connectivity index (χ4v) is 7.01. The molecule has 0 spiro atoms. The molecule has 0 radical (unpaired) electrons. The van der Waals surface area contributed by atoms with Crippen molar-refractivity contribution in [2.75, 3.05) is 56.7 Å². The Labute approximate surface area is 247 Å². The Morgan fingerprint density at radius 2 is 1.73 bits per heavy atom. The van der Waals surface area contributed by atoms with Crippen LogP contribution in [0.4, 0.5) is 17.5 Å². The third-order valence-electron chi connectivity index (χ3n) is 8.18. The minimum absolute atomic E-state index is 0.138. The van der Waals surface area contributed by atoms with Gasteiger partial charge in [-0.15, -0.1) is 0 Å². The van der Waals surface area contributed by atoms with Gasteiger partial charge in [-0.05, 0) is 61.8 Å².